The maximum absolute atomic E-state index is 12.2. The number of ether oxygens (including phenoxy) is 2. The van der Waals surface area contributed by atoms with Gasteiger partial charge in [-0.3, -0.25) is 4.79 Å². The van der Waals surface area contributed by atoms with Crippen molar-refractivity contribution in [2.45, 2.75) is 6.92 Å². The van der Waals surface area contributed by atoms with Crippen molar-refractivity contribution in [2.24, 2.45) is 0 Å². The van der Waals surface area contributed by atoms with Gasteiger partial charge in [0.15, 0.2) is 6.61 Å². The summed E-state index contributed by atoms with van der Waals surface area (Å²) in [4.78, 5) is 12.2. The molecule has 0 aliphatic rings. The van der Waals surface area contributed by atoms with E-state index in [0.717, 1.165) is 31.0 Å². The summed E-state index contributed by atoms with van der Waals surface area (Å²) in [5.41, 5.74) is 1.78. The topological polar surface area (TPSA) is 47.6 Å². The Bertz CT molecular complexity index is 949. The molecule has 1 amide bonds. The molecule has 6 heteroatoms. The van der Waals surface area contributed by atoms with Gasteiger partial charge >= 0.3 is 0 Å². The number of carbonyl (C=O) groups is 1. The van der Waals surface area contributed by atoms with Gasteiger partial charge in [-0.2, -0.15) is 0 Å². The number of halogens is 2. The van der Waals surface area contributed by atoms with E-state index in [2.05, 4.69) is 37.2 Å². The fourth-order valence-electron chi connectivity index (χ4n) is 2.56. The summed E-state index contributed by atoms with van der Waals surface area (Å²) in [5.74, 6) is 1.17. The number of fused-ring (bicyclic) bond motifs is 1. The molecule has 0 bridgehead atoms. The highest BCUT2D eigenvalue weighted by molar-refractivity contribution is 9.11. The number of aryl methyl sites for hydroxylation is 1. The van der Waals surface area contributed by atoms with Gasteiger partial charge in [-0.15, -0.1) is 0 Å². The Morgan fingerprint density at radius 2 is 1.58 bits per heavy atom. The van der Waals surface area contributed by atoms with Crippen LogP contribution in [0.1, 0.15) is 5.56 Å². The van der Waals surface area contributed by atoms with E-state index >= 15 is 0 Å². The summed E-state index contributed by atoms with van der Waals surface area (Å²) in [6.07, 6.45) is 0. The van der Waals surface area contributed by atoms with Crippen molar-refractivity contribution in [1.29, 1.82) is 0 Å². The molecule has 0 unspecified atom stereocenters. The van der Waals surface area contributed by atoms with Crippen LogP contribution in [0.25, 0.3) is 10.8 Å². The molecule has 26 heavy (non-hydrogen) atoms. The monoisotopic (exact) mass is 477 g/mol. The molecule has 0 aliphatic carbocycles. The van der Waals surface area contributed by atoms with E-state index in [1.165, 1.54) is 0 Å². The van der Waals surface area contributed by atoms with Crippen molar-refractivity contribution in [3.8, 4) is 11.5 Å². The van der Waals surface area contributed by atoms with Crippen LogP contribution < -0.4 is 14.8 Å². The second-order valence-corrected chi connectivity index (χ2v) is 7.52. The molecule has 3 rings (SSSR count). The highest BCUT2D eigenvalue weighted by atomic mass is 79.9. The van der Waals surface area contributed by atoms with E-state index in [1.54, 1.807) is 7.11 Å². The molecular weight excluding hydrogens is 462 g/mol. The number of carbonyl (C=O) groups excluding carboxylic acids is 1. The Hall–Kier alpha value is -2.05. The van der Waals surface area contributed by atoms with Gasteiger partial charge in [-0.25, -0.2) is 0 Å². The molecule has 0 spiro atoms. The number of hydrogen-bond donors (Lipinski definition) is 1. The van der Waals surface area contributed by atoms with E-state index in [4.69, 9.17) is 9.47 Å². The molecule has 3 aromatic carbocycles. The van der Waals surface area contributed by atoms with Gasteiger partial charge in [-0.1, -0.05) is 12.1 Å². The van der Waals surface area contributed by atoms with Crippen LogP contribution in [-0.2, 0) is 4.79 Å². The Labute approximate surface area is 168 Å². The number of amides is 1. The van der Waals surface area contributed by atoms with Crippen molar-refractivity contribution in [1.82, 2.24) is 0 Å². The largest absolute Gasteiger partial charge is 0.497 e. The molecule has 1 N–H and O–H groups in total. The summed E-state index contributed by atoms with van der Waals surface area (Å²) in [6, 6.07) is 15.4. The smallest absolute Gasteiger partial charge is 0.262 e. The first-order valence-electron chi connectivity index (χ1n) is 7.92. The van der Waals surface area contributed by atoms with Crippen LogP contribution in [0.15, 0.2) is 57.5 Å². The number of nitrogens with one attached hydrogen (secondary N) is 1. The van der Waals surface area contributed by atoms with Crippen LogP contribution in [0, 0.1) is 6.92 Å². The number of anilines is 1. The highest BCUT2D eigenvalue weighted by Crippen LogP contribution is 2.32. The van der Waals surface area contributed by atoms with Crippen LogP contribution >= 0.6 is 31.9 Å². The lowest BCUT2D eigenvalue weighted by atomic mass is 10.1. The molecule has 0 aliphatic heterocycles. The maximum atomic E-state index is 12.2. The van der Waals surface area contributed by atoms with Crippen LogP contribution in [0.5, 0.6) is 11.5 Å². The van der Waals surface area contributed by atoms with Crippen LogP contribution in [0.2, 0.25) is 0 Å². The van der Waals surface area contributed by atoms with Gasteiger partial charge in [0.1, 0.15) is 11.5 Å². The Balaban J connectivity index is 1.69. The van der Waals surface area contributed by atoms with E-state index in [0.29, 0.717) is 11.4 Å². The van der Waals surface area contributed by atoms with Gasteiger partial charge in [0.25, 0.3) is 5.91 Å². The van der Waals surface area contributed by atoms with Crippen molar-refractivity contribution < 1.29 is 14.3 Å². The lowest BCUT2D eigenvalue weighted by molar-refractivity contribution is -0.118. The lowest BCUT2D eigenvalue weighted by Gasteiger charge is -2.12. The average Bonchev–Trinajstić information content (AvgIpc) is 2.62. The first-order chi connectivity index (χ1) is 12.5. The fourth-order valence-corrected chi connectivity index (χ4v) is 4.18. The highest BCUT2D eigenvalue weighted by Gasteiger charge is 2.11. The van der Waals surface area contributed by atoms with Gasteiger partial charge in [0.05, 0.1) is 12.8 Å². The van der Waals surface area contributed by atoms with Gasteiger partial charge in [0.2, 0.25) is 0 Å². The third-order valence-electron chi connectivity index (χ3n) is 3.84. The number of rotatable bonds is 5. The zero-order valence-corrected chi connectivity index (χ0v) is 17.5. The van der Waals surface area contributed by atoms with Crippen molar-refractivity contribution in [2.75, 3.05) is 19.0 Å². The molecule has 134 valence electrons. The Morgan fingerprint density at radius 1 is 0.962 bits per heavy atom. The van der Waals surface area contributed by atoms with Crippen molar-refractivity contribution in [3.05, 3.63) is 63.0 Å². The van der Waals surface area contributed by atoms with Crippen molar-refractivity contribution >= 4 is 54.2 Å². The normalized spacial score (nSPS) is 10.6. The second kappa shape index (κ2) is 8.10. The summed E-state index contributed by atoms with van der Waals surface area (Å²) in [5, 5.41) is 4.92. The number of benzene rings is 3. The van der Waals surface area contributed by atoms with Crippen LogP contribution in [0.4, 0.5) is 5.69 Å². The van der Waals surface area contributed by atoms with E-state index in [1.807, 2.05) is 55.5 Å². The predicted molar refractivity (Wildman–Crippen MR) is 111 cm³/mol. The summed E-state index contributed by atoms with van der Waals surface area (Å²) in [7, 11) is 1.63. The van der Waals surface area contributed by atoms with Gasteiger partial charge in [0, 0.05) is 8.95 Å². The summed E-state index contributed by atoms with van der Waals surface area (Å²) >= 11 is 6.93. The molecule has 0 saturated carbocycles. The molecular formula is C20H17Br2NO3. The lowest BCUT2D eigenvalue weighted by Crippen LogP contribution is -2.20. The number of hydrogen-bond acceptors (Lipinski definition) is 3. The Kier molecular flexibility index (Phi) is 5.84. The number of methoxy groups -OCH3 is 1. The zero-order valence-electron chi connectivity index (χ0n) is 14.3. The minimum Gasteiger partial charge on any atom is -0.497 e. The molecule has 0 saturated heterocycles. The SMILES string of the molecule is COc1ccc2ccc(OCC(=O)Nc3c(Br)cc(C)cc3Br)cc2c1. The zero-order chi connectivity index (χ0) is 18.7. The van der Waals surface area contributed by atoms with E-state index < -0.39 is 0 Å². The van der Waals surface area contributed by atoms with E-state index in [9.17, 15) is 4.79 Å². The molecule has 0 heterocycles. The van der Waals surface area contributed by atoms with Gasteiger partial charge in [-0.05, 0) is 91.5 Å². The molecule has 3 aromatic rings. The fraction of sp³-hybridized carbons (Fsp3) is 0.150. The minimum atomic E-state index is -0.235. The molecule has 4 nitrogen and oxygen atoms in total. The molecule has 0 radical (unpaired) electrons. The third kappa shape index (κ3) is 4.37. The van der Waals surface area contributed by atoms with Crippen LogP contribution in [0.3, 0.4) is 0 Å². The first-order valence-corrected chi connectivity index (χ1v) is 9.51. The third-order valence-corrected chi connectivity index (χ3v) is 5.09. The Morgan fingerprint density at radius 3 is 2.23 bits per heavy atom. The van der Waals surface area contributed by atoms with E-state index in [-0.39, 0.29) is 12.5 Å². The maximum Gasteiger partial charge on any atom is 0.262 e. The molecule has 0 atom stereocenters. The summed E-state index contributed by atoms with van der Waals surface area (Å²) < 4.78 is 12.5. The molecule has 0 aromatic heterocycles. The average molecular weight is 479 g/mol. The van der Waals surface area contributed by atoms with Gasteiger partial charge < -0.3 is 14.8 Å². The quantitative estimate of drug-likeness (QED) is 0.511. The molecule has 0 fully saturated rings. The predicted octanol–water partition coefficient (Wildman–Crippen LogP) is 5.70. The standard InChI is InChI=1S/C20H17Br2NO3/c1-12-7-17(21)20(18(22)8-12)23-19(24)11-26-16-6-4-13-3-5-15(25-2)9-14(13)10-16/h3-10H,11H2,1-2H3,(H,23,24). The minimum absolute atomic E-state index is 0.0811. The van der Waals surface area contributed by atoms with Crippen LogP contribution in [-0.4, -0.2) is 19.6 Å². The summed E-state index contributed by atoms with van der Waals surface area (Å²) in [6.45, 7) is 1.90. The first kappa shape index (κ1) is 18.7. The second-order valence-electron chi connectivity index (χ2n) is 5.82. The van der Waals surface area contributed by atoms with Crippen molar-refractivity contribution in [3.63, 3.8) is 0 Å².